The lowest BCUT2D eigenvalue weighted by molar-refractivity contribution is 0.206. The minimum atomic E-state index is 0.398. The van der Waals surface area contributed by atoms with E-state index >= 15 is 0 Å². The number of aryl methyl sites for hydroxylation is 1. The van der Waals surface area contributed by atoms with Crippen molar-refractivity contribution >= 4 is 11.3 Å². The molecule has 2 heterocycles. The zero-order chi connectivity index (χ0) is 14.7. The van der Waals surface area contributed by atoms with Crippen LogP contribution in [0.25, 0.3) is 0 Å². The fraction of sp³-hybridized carbons (Fsp3) is 0.471. The fourth-order valence-corrected chi connectivity index (χ4v) is 3.82. The molecule has 1 saturated heterocycles. The molecule has 1 N–H and O–H groups in total. The van der Waals surface area contributed by atoms with Crippen molar-refractivity contribution in [3.05, 3.63) is 52.0 Å². The van der Waals surface area contributed by atoms with Crippen molar-refractivity contribution in [1.29, 1.82) is 0 Å². The summed E-state index contributed by atoms with van der Waals surface area (Å²) in [7, 11) is 0. The molecule has 0 saturated carbocycles. The minimum absolute atomic E-state index is 0.398. The largest absolute Gasteiger partial charge is 0.309 e. The quantitative estimate of drug-likeness (QED) is 0.939. The third-order valence-corrected chi connectivity index (χ3v) is 5.31. The van der Waals surface area contributed by atoms with Crippen LogP contribution in [0.3, 0.4) is 0 Å². The molecule has 1 aliphatic rings. The van der Waals surface area contributed by atoms with E-state index in [-0.39, 0.29) is 0 Å². The maximum Gasteiger partial charge on any atom is 0.110 e. The Labute approximate surface area is 131 Å². The Morgan fingerprint density at radius 2 is 2.14 bits per heavy atom. The van der Waals surface area contributed by atoms with Crippen LogP contribution >= 0.6 is 11.3 Å². The van der Waals surface area contributed by atoms with Crippen molar-refractivity contribution in [2.24, 2.45) is 0 Å². The standard InChI is InChI=1S/C17H23N3S/c1-13-12-21-17(19-13)14(2)20-10-6-9-18-16(11-20)15-7-4-3-5-8-15/h3-5,7-8,12,14,16,18H,6,9-11H2,1-2H3. The van der Waals surface area contributed by atoms with Gasteiger partial charge in [-0.15, -0.1) is 11.3 Å². The van der Waals surface area contributed by atoms with Crippen LogP contribution < -0.4 is 5.32 Å². The van der Waals surface area contributed by atoms with Crippen LogP contribution in [-0.2, 0) is 0 Å². The highest BCUT2D eigenvalue weighted by molar-refractivity contribution is 7.09. The highest BCUT2D eigenvalue weighted by Gasteiger charge is 2.24. The Morgan fingerprint density at radius 1 is 1.33 bits per heavy atom. The van der Waals surface area contributed by atoms with Crippen LogP contribution in [0.4, 0.5) is 0 Å². The molecule has 1 aliphatic heterocycles. The summed E-state index contributed by atoms with van der Waals surface area (Å²) in [6.45, 7) is 7.62. The van der Waals surface area contributed by atoms with Crippen molar-refractivity contribution in [2.45, 2.75) is 32.4 Å². The second-order valence-corrected chi connectivity index (χ2v) is 6.66. The Kier molecular flexibility index (Phi) is 4.68. The maximum atomic E-state index is 4.67. The van der Waals surface area contributed by atoms with Gasteiger partial charge >= 0.3 is 0 Å². The molecule has 3 nitrogen and oxygen atoms in total. The molecule has 1 aromatic heterocycles. The van der Waals surface area contributed by atoms with Crippen molar-refractivity contribution in [1.82, 2.24) is 15.2 Å². The zero-order valence-electron chi connectivity index (χ0n) is 12.7. The summed E-state index contributed by atoms with van der Waals surface area (Å²) in [6, 6.07) is 11.6. The van der Waals surface area contributed by atoms with E-state index < -0.39 is 0 Å². The van der Waals surface area contributed by atoms with Gasteiger partial charge in [-0.25, -0.2) is 4.98 Å². The third kappa shape index (κ3) is 3.51. The normalized spacial score (nSPS) is 21.9. The Balaban J connectivity index is 1.76. The molecule has 0 amide bonds. The van der Waals surface area contributed by atoms with Gasteiger partial charge in [0.25, 0.3) is 0 Å². The summed E-state index contributed by atoms with van der Waals surface area (Å²) >= 11 is 1.78. The van der Waals surface area contributed by atoms with E-state index in [4.69, 9.17) is 0 Å². The minimum Gasteiger partial charge on any atom is -0.309 e. The topological polar surface area (TPSA) is 28.2 Å². The Morgan fingerprint density at radius 3 is 2.86 bits per heavy atom. The molecule has 1 aromatic carbocycles. The van der Waals surface area contributed by atoms with Crippen molar-refractivity contribution < 1.29 is 0 Å². The molecule has 0 spiro atoms. The van der Waals surface area contributed by atoms with Gasteiger partial charge in [0.15, 0.2) is 0 Å². The first-order valence-electron chi connectivity index (χ1n) is 7.68. The number of nitrogens with one attached hydrogen (secondary N) is 1. The van der Waals surface area contributed by atoms with Crippen molar-refractivity contribution in [2.75, 3.05) is 19.6 Å². The predicted octanol–water partition coefficient (Wildman–Crippen LogP) is 3.55. The van der Waals surface area contributed by atoms with Gasteiger partial charge in [-0.05, 0) is 32.4 Å². The molecule has 2 unspecified atom stereocenters. The number of nitrogens with zero attached hydrogens (tertiary/aromatic N) is 2. The number of hydrogen-bond acceptors (Lipinski definition) is 4. The van der Waals surface area contributed by atoms with E-state index in [9.17, 15) is 0 Å². The first-order chi connectivity index (χ1) is 10.2. The summed E-state index contributed by atoms with van der Waals surface area (Å²) < 4.78 is 0. The number of benzene rings is 1. The van der Waals surface area contributed by atoms with E-state index in [0.717, 1.165) is 25.3 Å². The smallest absolute Gasteiger partial charge is 0.110 e. The summed E-state index contributed by atoms with van der Waals surface area (Å²) in [6.07, 6.45) is 1.19. The lowest BCUT2D eigenvalue weighted by Crippen LogP contribution is -2.33. The SMILES string of the molecule is Cc1csc(C(C)N2CCCNC(c3ccccc3)C2)n1. The first-order valence-corrected chi connectivity index (χ1v) is 8.56. The van der Waals surface area contributed by atoms with Gasteiger partial charge in [0.2, 0.25) is 0 Å². The van der Waals surface area contributed by atoms with Gasteiger partial charge < -0.3 is 5.32 Å². The predicted molar refractivity (Wildman–Crippen MR) is 88.6 cm³/mol. The van der Waals surface area contributed by atoms with Gasteiger partial charge in [0, 0.05) is 30.2 Å². The molecular weight excluding hydrogens is 278 g/mol. The number of rotatable bonds is 3. The van der Waals surface area contributed by atoms with Gasteiger partial charge in [0.05, 0.1) is 6.04 Å². The van der Waals surface area contributed by atoms with Crippen LogP contribution in [0.15, 0.2) is 35.7 Å². The summed E-state index contributed by atoms with van der Waals surface area (Å²) in [4.78, 5) is 7.24. The second kappa shape index (κ2) is 6.69. The molecule has 0 aliphatic carbocycles. The first kappa shape index (κ1) is 14.7. The third-order valence-electron chi connectivity index (χ3n) is 4.17. The van der Waals surface area contributed by atoms with Gasteiger partial charge in [-0.2, -0.15) is 0 Å². The fourth-order valence-electron chi connectivity index (χ4n) is 2.93. The van der Waals surface area contributed by atoms with Crippen LogP contribution in [0.1, 0.15) is 41.7 Å². The summed E-state index contributed by atoms with van der Waals surface area (Å²) in [5.74, 6) is 0. The second-order valence-electron chi connectivity index (χ2n) is 5.77. The molecule has 112 valence electrons. The average molecular weight is 301 g/mol. The van der Waals surface area contributed by atoms with Crippen molar-refractivity contribution in [3.8, 4) is 0 Å². The number of hydrogen-bond donors (Lipinski definition) is 1. The molecule has 4 heteroatoms. The van der Waals surface area contributed by atoms with Crippen molar-refractivity contribution in [3.63, 3.8) is 0 Å². The van der Waals surface area contributed by atoms with Crippen LogP contribution in [-0.4, -0.2) is 29.5 Å². The van der Waals surface area contributed by atoms with E-state index in [2.05, 4.69) is 64.8 Å². The Hall–Kier alpha value is -1.23. The van der Waals surface area contributed by atoms with Gasteiger partial charge in [-0.1, -0.05) is 30.3 Å². The van der Waals surface area contributed by atoms with E-state index in [1.807, 2.05) is 0 Å². The lowest BCUT2D eigenvalue weighted by Gasteiger charge is -2.29. The molecule has 0 radical (unpaired) electrons. The highest BCUT2D eigenvalue weighted by atomic mass is 32.1. The molecule has 3 rings (SSSR count). The lowest BCUT2D eigenvalue weighted by atomic mass is 10.1. The average Bonchev–Trinajstić information content (AvgIpc) is 2.81. The number of thiazole rings is 1. The molecular formula is C17H23N3S. The van der Waals surface area contributed by atoms with Gasteiger partial charge in [0.1, 0.15) is 5.01 Å². The monoisotopic (exact) mass is 301 g/mol. The summed E-state index contributed by atoms with van der Waals surface area (Å²) in [5, 5.41) is 7.07. The summed E-state index contributed by atoms with van der Waals surface area (Å²) in [5.41, 5.74) is 2.52. The molecule has 2 aromatic rings. The van der Waals surface area contributed by atoms with Crippen LogP contribution in [0, 0.1) is 6.92 Å². The molecule has 21 heavy (non-hydrogen) atoms. The molecule has 0 bridgehead atoms. The Bertz CT molecular complexity index is 566. The maximum absolute atomic E-state index is 4.67. The van der Waals surface area contributed by atoms with E-state index in [0.29, 0.717) is 12.1 Å². The van der Waals surface area contributed by atoms with Crippen LogP contribution in [0.5, 0.6) is 0 Å². The zero-order valence-corrected chi connectivity index (χ0v) is 13.6. The highest BCUT2D eigenvalue weighted by Crippen LogP contribution is 2.27. The van der Waals surface area contributed by atoms with Gasteiger partial charge in [-0.3, -0.25) is 4.90 Å². The molecule has 2 atom stereocenters. The molecule has 1 fully saturated rings. The van der Waals surface area contributed by atoms with Crippen LogP contribution in [0.2, 0.25) is 0 Å². The van der Waals surface area contributed by atoms with E-state index in [1.54, 1.807) is 11.3 Å². The number of aromatic nitrogens is 1. The van der Waals surface area contributed by atoms with E-state index in [1.165, 1.54) is 17.0 Å².